The summed E-state index contributed by atoms with van der Waals surface area (Å²) in [4.78, 5) is 47.3. The van der Waals surface area contributed by atoms with Gasteiger partial charge in [-0.25, -0.2) is 14.5 Å². The Morgan fingerprint density at radius 3 is 2.93 bits per heavy atom. The van der Waals surface area contributed by atoms with E-state index in [9.17, 15) is 19.6 Å². The minimum Gasteiger partial charge on any atom is -0.436 e. The molecule has 3 saturated heterocycles. The molecule has 9 heteroatoms. The van der Waals surface area contributed by atoms with E-state index in [1.165, 1.54) is 4.90 Å². The van der Waals surface area contributed by atoms with Crippen molar-refractivity contribution in [2.24, 2.45) is 0 Å². The predicted octanol–water partition coefficient (Wildman–Crippen LogP) is 1.47. The number of hydrogen-bond acceptors (Lipinski definition) is 6. The van der Waals surface area contributed by atoms with Gasteiger partial charge in [-0.15, -0.1) is 6.42 Å². The summed E-state index contributed by atoms with van der Waals surface area (Å²) in [6.07, 6.45) is 6.64. The first-order chi connectivity index (χ1) is 14.6. The number of ether oxygens (including phenoxy) is 1. The summed E-state index contributed by atoms with van der Waals surface area (Å²) in [6.45, 7) is 0.150. The Morgan fingerprint density at radius 1 is 1.33 bits per heavy atom. The highest BCUT2D eigenvalue weighted by Crippen LogP contribution is 2.43. The average Bonchev–Trinajstić information content (AvgIpc) is 3.43. The number of hydrogen-bond donors (Lipinski definition) is 0. The van der Waals surface area contributed by atoms with Crippen molar-refractivity contribution in [1.29, 1.82) is 5.26 Å². The molecule has 30 heavy (non-hydrogen) atoms. The van der Waals surface area contributed by atoms with Gasteiger partial charge in [0.15, 0.2) is 6.61 Å². The topological polar surface area (TPSA) is 107 Å². The summed E-state index contributed by atoms with van der Waals surface area (Å²) in [5.74, 6) is 1.84. The molecule has 2 aromatic rings. The molecule has 2 bridgehead atoms. The van der Waals surface area contributed by atoms with Gasteiger partial charge in [0.1, 0.15) is 12.1 Å². The van der Waals surface area contributed by atoms with Crippen LogP contribution >= 0.6 is 0 Å². The number of carbonyl (C=O) groups is 3. The average molecular weight is 401 g/mol. The van der Waals surface area contributed by atoms with E-state index < -0.39 is 30.1 Å². The molecule has 148 valence electrons. The molecule has 3 fully saturated rings. The quantitative estimate of drug-likeness (QED) is 0.557. The van der Waals surface area contributed by atoms with Gasteiger partial charge in [-0.05, 0) is 30.7 Å². The predicted molar refractivity (Wildman–Crippen MR) is 104 cm³/mol. The molecule has 0 N–H and O–H groups in total. The molecule has 1 aromatic heterocycles. The zero-order valence-electron chi connectivity index (χ0n) is 15.7. The minimum absolute atomic E-state index is 0.148. The van der Waals surface area contributed by atoms with Crippen LogP contribution in [0.4, 0.5) is 15.3 Å². The monoisotopic (exact) mass is 401 g/mol. The van der Waals surface area contributed by atoms with E-state index in [0.29, 0.717) is 35.1 Å². The molecule has 1 aromatic carbocycles. The number of rotatable bonds is 2. The minimum atomic E-state index is -0.767. The van der Waals surface area contributed by atoms with Crippen molar-refractivity contribution in [3.63, 3.8) is 0 Å². The maximum Gasteiger partial charge on any atom is 0.411 e. The van der Waals surface area contributed by atoms with Crippen molar-refractivity contribution >= 4 is 34.6 Å². The van der Waals surface area contributed by atoms with Crippen molar-refractivity contribution in [2.45, 2.75) is 24.5 Å². The fourth-order valence-electron chi connectivity index (χ4n) is 4.72. The van der Waals surface area contributed by atoms with Crippen LogP contribution in [-0.2, 0) is 9.53 Å². The van der Waals surface area contributed by atoms with Gasteiger partial charge in [0.2, 0.25) is 0 Å². The molecule has 3 aliphatic heterocycles. The Hall–Kier alpha value is -4.11. The number of aromatic nitrogens is 1. The second-order valence-corrected chi connectivity index (χ2v) is 7.32. The maximum absolute atomic E-state index is 13.3. The number of imide groups is 1. The molecule has 4 amide bonds. The Bertz CT molecular complexity index is 1200. The molecule has 9 nitrogen and oxygen atoms in total. The second kappa shape index (κ2) is 6.46. The van der Waals surface area contributed by atoms with E-state index >= 15 is 0 Å². The lowest BCUT2D eigenvalue weighted by molar-refractivity contribution is -0.121. The lowest BCUT2D eigenvalue weighted by Crippen LogP contribution is -2.55. The highest BCUT2D eigenvalue weighted by atomic mass is 16.6. The smallest absolute Gasteiger partial charge is 0.411 e. The number of benzene rings is 1. The summed E-state index contributed by atoms with van der Waals surface area (Å²) < 4.78 is 5.02. The third-order valence-corrected chi connectivity index (χ3v) is 5.89. The Kier molecular flexibility index (Phi) is 3.87. The summed E-state index contributed by atoms with van der Waals surface area (Å²) in [7, 11) is 0. The fraction of sp³-hybridized carbons (Fsp3) is 0.286. The van der Waals surface area contributed by atoms with Gasteiger partial charge in [0, 0.05) is 18.1 Å². The normalized spacial score (nSPS) is 24.2. The number of carbonyl (C=O) groups excluding carboxylic acids is 3. The first-order valence-electron chi connectivity index (χ1n) is 9.37. The number of nitrogens with zero attached hydrogens (tertiary/aromatic N) is 5. The summed E-state index contributed by atoms with van der Waals surface area (Å²) >= 11 is 0. The van der Waals surface area contributed by atoms with E-state index in [4.69, 9.17) is 11.2 Å². The van der Waals surface area contributed by atoms with Crippen molar-refractivity contribution in [3.8, 4) is 18.4 Å². The van der Waals surface area contributed by atoms with Crippen molar-refractivity contribution < 1.29 is 19.1 Å². The number of terminal acetylenes is 1. The van der Waals surface area contributed by atoms with Crippen molar-refractivity contribution in [2.75, 3.05) is 18.1 Å². The van der Waals surface area contributed by atoms with Crippen LogP contribution in [0.1, 0.15) is 12.0 Å². The number of likely N-dealkylation sites (tertiary alicyclic amines) is 1. The maximum atomic E-state index is 13.3. The Labute approximate surface area is 171 Å². The lowest BCUT2D eigenvalue weighted by atomic mass is 10.1. The first-order valence-corrected chi connectivity index (χ1v) is 9.37. The molecule has 0 radical (unpaired) electrons. The first kappa shape index (κ1) is 18.0. The van der Waals surface area contributed by atoms with E-state index in [1.807, 2.05) is 0 Å². The third-order valence-electron chi connectivity index (χ3n) is 5.89. The lowest BCUT2D eigenvalue weighted by Gasteiger charge is -2.33. The highest BCUT2D eigenvalue weighted by Gasteiger charge is 2.63. The van der Waals surface area contributed by atoms with Crippen LogP contribution in [0.25, 0.3) is 10.9 Å². The van der Waals surface area contributed by atoms with Crippen LogP contribution in [0, 0.1) is 23.7 Å². The van der Waals surface area contributed by atoms with Gasteiger partial charge in [0.05, 0.1) is 28.9 Å². The molecular formula is C21H15N5O4. The zero-order chi connectivity index (χ0) is 21.0. The molecule has 3 aliphatic rings. The van der Waals surface area contributed by atoms with Crippen LogP contribution < -0.4 is 4.90 Å². The van der Waals surface area contributed by atoms with Gasteiger partial charge in [-0.3, -0.25) is 9.78 Å². The molecule has 2 unspecified atom stereocenters. The summed E-state index contributed by atoms with van der Waals surface area (Å²) in [6, 6.07) is 6.71. The van der Waals surface area contributed by atoms with Crippen LogP contribution in [0.3, 0.4) is 0 Å². The number of piperazine rings is 1. The van der Waals surface area contributed by atoms with Gasteiger partial charge >= 0.3 is 12.1 Å². The molecule has 0 saturated carbocycles. The van der Waals surface area contributed by atoms with E-state index in [0.717, 1.165) is 4.90 Å². The van der Waals surface area contributed by atoms with E-state index in [2.05, 4.69) is 17.0 Å². The van der Waals surface area contributed by atoms with Gasteiger partial charge in [0.25, 0.3) is 5.91 Å². The standard InChI is InChI=1S/C21H15N5O4/c1-2-8-30-21(29)24-11-13-9-16(24)18-19(27)26(20(28)25(13)18)15-6-5-12(10-22)17-14(15)4-3-7-23-17/h1,3-7,13,16,18H,8-9,11H2/t13?,16?,18-/m1/s1. The van der Waals surface area contributed by atoms with E-state index in [-0.39, 0.29) is 12.6 Å². The Morgan fingerprint density at radius 2 is 2.17 bits per heavy atom. The summed E-state index contributed by atoms with van der Waals surface area (Å²) in [5, 5.41) is 9.88. The summed E-state index contributed by atoms with van der Waals surface area (Å²) in [5.41, 5.74) is 1.16. The number of urea groups is 1. The second-order valence-electron chi connectivity index (χ2n) is 7.32. The highest BCUT2D eigenvalue weighted by molar-refractivity contribution is 6.25. The molecular weight excluding hydrogens is 386 g/mol. The molecule has 5 rings (SSSR count). The van der Waals surface area contributed by atoms with Crippen LogP contribution in [0.15, 0.2) is 30.5 Å². The number of pyridine rings is 1. The number of amides is 4. The van der Waals surface area contributed by atoms with Crippen LogP contribution in [-0.4, -0.2) is 64.1 Å². The van der Waals surface area contributed by atoms with Crippen LogP contribution in [0.2, 0.25) is 0 Å². The SMILES string of the molecule is C#CCOC(=O)N1CC2CC1[C@@H]1C(=O)N(c3ccc(C#N)c4ncccc34)C(=O)N21. The van der Waals surface area contributed by atoms with Crippen molar-refractivity contribution in [3.05, 3.63) is 36.0 Å². The largest absolute Gasteiger partial charge is 0.436 e. The number of fused-ring (bicyclic) bond motifs is 6. The van der Waals surface area contributed by atoms with Crippen LogP contribution in [0.5, 0.6) is 0 Å². The molecule has 0 aliphatic carbocycles. The number of nitriles is 1. The van der Waals surface area contributed by atoms with Gasteiger partial charge < -0.3 is 14.5 Å². The molecule has 0 spiro atoms. The number of anilines is 1. The van der Waals surface area contributed by atoms with Crippen molar-refractivity contribution in [1.82, 2.24) is 14.8 Å². The fourth-order valence-corrected chi connectivity index (χ4v) is 4.72. The van der Waals surface area contributed by atoms with Gasteiger partial charge in [-0.1, -0.05) is 5.92 Å². The Balaban J connectivity index is 1.52. The molecule has 3 atom stereocenters. The molecule has 4 heterocycles. The zero-order valence-corrected chi connectivity index (χ0v) is 15.7. The van der Waals surface area contributed by atoms with E-state index in [1.54, 1.807) is 35.4 Å². The third kappa shape index (κ3) is 2.29. The van der Waals surface area contributed by atoms with Gasteiger partial charge in [-0.2, -0.15) is 5.26 Å².